The number of rotatable bonds is 50. The lowest BCUT2D eigenvalue weighted by molar-refractivity contribution is -0.123. The average molecular weight is 927 g/mol. The Kier molecular flexibility index (Phi) is 54.4. The van der Waals surface area contributed by atoms with Crippen molar-refractivity contribution in [3.8, 4) is 0 Å². The van der Waals surface area contributed by atoms with Crippen molar-refractivity contribution in [1.82, 2.24) is 5.32 Å². The van der Waals surface area contributed by atoms with Gasteiger partial charge in [0.2, 0.25) is 5.91 Å². The van der Waals surface area contributed by atoms with Crippen molar-refractivity contribution in [2.24, 2.45) is 0 Å². The van der Waals surface area contributed by atoms with Crippen LogP contribution in [0.1, 0.15) is 251 Å². The van der Waals surface area contributed by atoms with Crippen molar-refractivity contribution >= 4 is 5.91 Å². The molecular formula is C63H107NO3. The molecule has 0 aliphatic carbocycles. The zero-order valence-electron chi connectivity index (χ0n) is 43.9. The van der Waals surface area contributed by atoms with E-state index in [1.54, 1.807) is 6.08 Å². The quantitative estimate of drug-likeness (QED) is 0.0421. The summed E-state index contributed by atoms with van der Waals surface area (Å²) in [5, 5.41) is 23.1. The third-order valence-corrected chi connectivity index (χ3v) is 12.2. The van der Waals surface area contributed by atoms with E-state index in [1.165, 1.54) is 148 Å². The van der Waals surface area contributed by atoms with Gasteiger partial charge in [-0.15, -0.1) is 0 Å². The molecule has 0 saturated carbocycles. The number of hydrogen-bond acceptors (Lipinski definition) is 3. The normalized spacial score (nSPS) is 13.8. The highest BCUT2D eigenvalue weighted by Gasteiger charge is 2.17. The second-order valence-corrected chi connectivity index (χ2v) is 18.6. The molecule has 4 nitrogen and oxygen atoms in total. The van der Waals surface area contributed by atoms with Gasteiger partial charge >= 0.3 is 0 Å². The summed E-state index contributed by atoms with van der Waals surface area (Å²) in [4.78, 5) is 12.5. The highest BCUT2D eigenvalue weighted by Crippen LogP contribution is 2.15. The van der Waals surface area contributed by atoms with Crippen molar-refractivity contribution in [3.05, 3.63) is 122 Å². The van der Waals surface area contributed by atoms with Crippen LogP contribution in [-0.2, 0) is 4.79 Å². The summed E-state index contributed by atoms with van der Waals surface area (Å²) < 4.78 is 0. The van der Waals surface area contributed by atoms with Crippen LogP contribution in [0.3, 0.4) is 0 Å². The number of aliphatic hydroxyl groups is 2. The maximum absolute atomic E-state index is 12.5. The Balaban J connectivity index is 3.54. The number of nitrogens with one attached hydrogen (secondary N) is 1. The summed E-state index contributed by atoms with van der Waals surface area (Å²) in [6, 6.07) is -0.651. The van der Waals surface area contributed by atoms with E-state index in [9.17, 15) is 15.0 Å². The van der Waals surface area contributed by atoms with Gasteiger partial charge in [-0.2, -0.15) is 0 Å². The molecular weight excluding hydrogens is 819 g/mol. The van der Waals surface area contributed by atoms with Crippen LogP contribution in [-0.4, -0.2) is 34.9 Å². The molecule has 0 fully saturated rings. The molecule has 2 unspecified atom stereocenters. The Morgan fingerprint density at radius 3 is 1.04 bits per heavy atom. The van der Waals surface area contributed by atoms with E-state index >= 15 is 0 Å². The van der Waals surface area contributed by atoms with Crippen LogP contribution in [0.25, 0.3) is 0 Å². The van der Waals surface area contributed by atoms with E-state index in [0.717, 1.165) is 83.5 Å². The average Bonchev–Trinajstić information content (AvgIpc) is 3.33. The lowest BCUT2D eigenvalue weighted by atomic mass is 10.0. The van der Waals surface area contributed by atoms with Crippen molar-refractivity contribution in [3.63, 3.8) is 0 Å². The molecule has 0 saturated heterocycles. The number of unbranched alkanes of at least 4 members (excludes halogenated alkanes) is 25. The molecule has 0 radical (unpaired) electrons. The van der Waals surface area contributed by atoms with Gasteiger partial charge in [0.1, 0.15) is 0 Å². The van der Waals surface area contributed by atoms with E-state index in [4.69, 9.17) is 0 Å². The number of allylic oxidation sites excluding steroid dienone is 19. The summed E-state index contributed by atoms with van der Waals surface area (Å²) in [5.41, 5.74) is 0. The molecule has 2 atom stereocenters. The van der Waals surface area contributed by atoms with Gasteiger partial charge in [-0.1, -0.05) is 264 Å². The molecule has 67 heavy (non-hydrogen) atoms. The third-order valence-electron chi connectivity index (χ3n) is 12.2. The molecule has 0 bridgehead atoms. The summed E-state index contributed by atoms with van der Waals surface area (Å²) in [5.74, 6) is -0.0807. The Labute approximate surface area is 416 Å². The SMILES string of the molecule is CC/C=C\C/C=C\C/C=C\C/C=C\C/C=C\C/C=C\C/C=C\CCCCCCCCCCCCCCCCCCCC(=O)NC(CO)C(O)/C=C/CC/C=C/CC/C=C/CCCCCCCC. The Bertz CT molecular complexity index is 1330. The van der Waals surface area contributed by atoms with Crippen molar-refractivity contribution in [2.45, 2.75) is 264 Å². The van der Waals surface area contributed by atoms with E-state index in [2.05, 4.69) is 129 Å². The van der Waals surface area contributed by atoms with Crippen LogP contribution in [0.15, 0.2) is 122 Å². The molecule has 0 aliphatic rings. The Hall–Kier alpha value is -3.21. The van der Waals surface area contributed by atoms with Crippen LogP contribution in [0.4, 0.5) is 0 Å². The van der Waals surface area contributed by atoms with Crippen molar-refractivity contribution in [2.75, 3.05) is 6.61 Å². The van der Waals surface area contributed by atoms with E-state index < -0.39 is 12.1 Å². The lowest BCUT2D eigenvalue weighted by Crippen LogP contribution is -2.45. The van der Waals surface area contributed by atoms with Crippen LogP contribution in [0.5, 0.6) is 0 Å². The van der Waals surface area contributed by atoms with Gasteiger partial charge in [0.15, 0.2) is 0 Å². The first-order valence-electron chi connectivity index (χ1n) is 28.2. The zero-order valence-corrected chi connectivity index (χ0v) is 43.9. The maximum Gasteiger partial charge on any atom is 0.220 e. The third kappa shape index (κ3) is 53.6. The van der Waals surface area contributed by atoms with Gasteiger partial charge in [0.25, 0.3) is 0 Å². The van der Waals surface area contributed by atoms with Crippen LogP contribution in [0, 0.1) is 0 Å². The molecule has 1 amide bonds. The largest absolute Gasteiger partial charge is 0.394 e. The predicted molar refractivity (Wildman–Crippen MR) is 299 cm³/mol. The highest BCUT2D eigenvalue weighted by atomic mass is 16.3. The molecule has 0 aromatic rings. The summed E-state index contributed by atoms with van der Waals surface area (Å²) in [6.45, 7) is 4.16. The first-order chi connectivity index (χ1) is 33.2. The van der Waals surface area contributed by atoms with Crippen LogP contribution < -0.4 is 5.32 Å². The minimum absolute atomic E-state index is 0.0807. The fourth-order valence-corrected chi connectivity index (χ4v) is 7.90. The number of hydrogen-bond donors (Lipinski definition) is 3. The van der Waals surface area contributed by atoms with Crippen molar-refractivity contribution in [1.29, 1.82) is 0 Å². The smallest absolute Gasteiger partial charge is 0.220 e. The summed E-state index contributed by atoms with van der Waals surface area (Å²) in [7, 11) is 0. The second-order valence-electron chi connectivity index (χ2n) is 18.6. The van der Waals surface area contributed by atoms with E-state index in [1.807, 2.05) is 6.08 Å². The van der Waals surface area contributed by atoms with Gasteiger partial charge in [-0.3, -0.25) is 4.79 Å². The maximum atomic E-state index is 12.5. The topological polar surface area (TPSA) is 69.6 Å². The fourth-order valence-electron chi connectivity index (χ4n) is 7.90. The number of carbonyl (C=O) groups excluding carboxylic acids is 1. The molecule has 382 valence electrons. The minimum Gasteiger partial charge on any atom is -0.394 e. The molecule has 0 aliphatic heterocycles. The summed E-state index contributed by atoms with van der Waals surface area (Å²) in [6.07, 6.45) is 87.9. The Morgan fingerprint density at radius 2 is 0.672 bits per heavy atom. The fraction of sp³-hybridized carbons (Fsp3) is 0.667. The molecule has 0 rings (SSSR count). The Morgan fingerprint density at radius 1 is 0.373 bits per heavy atom. The van der Waals surface area contributed by atoms with Crippen LogP contribution in [0.2, 0.25) is 0 Å². The number of carbonyl (C=O) groups is 1. The molecule has 0 heterocycles. The van der Waals surface area contributed by atoms with Crippen LogP contribution >= 0.6 is 0 Å². The number of amides is 1. The van der Waals surface area contributed by atoms with Gasteiger partial charge in [-0.25, -0.2) is 0 Å². The van der Waals surface area contributed by atoms with E-state index in [0.29, 0.717) is 6.42 Å². The lowest BCUT2D eigenvalue weighted by Gasteiger charge is -2.19. The van der Waals surface area contributed by atoms with Gasteiger partial charge < -0.3 is 15.5 Å². The molecule has 0 aromatic heterocycles. The first kappa shape index (κ1) is 63.8. The first-order valence-corrected chi connectivity index (χ1v) is 28.2. The minimum atomic E-state index is -0.875. The van der Waals surface area contributed by atoms with Crippen molar-refractivity contribution < 1.29 is 15.0 Å². The number of aliphatic hydroxyl groups excluding tert-OH is 2. The molecule has 0 spiro atoms. The van der Waals surface area contributed by atoms with E-state index in [-0.39, 0.29) is 12.5 Å². The monoisotopic (exact) mass is 926 g/mol. The van der Waals surface area contributed by atoms with Gasteiger partial charge in [0, 0.05) is 6.42 Å². The second kappa shape index (κ2) is 57.1. The molecule has 3 N–H and O–H groups in total. The van der Waals surface area contributed by atoms with Gasteiger partial charge in [-0.05, 0) is 103 Å². The molecule has 0 aromatic carbocycles. The standard InChI is InChI=1S/C63H107NO3/c1-3-5-7-9-11-13-15-17-19-21-22-23-24-25-26-27-28-29-30-31-32-33-34-35-36-37-38-39-40-41-42-43-45-47-49-51-53-55-57-59-63(67)64-61(60-65)62(66)58-56-54-52-50-48-46-44-20-18-16-14-12-10-8-6-4-2/h5,7,11,13,17-20,22-23,25-26,28-29,31-32,48,50,56,58,61-62,65-66H,3-4,6,8-10,12,14-16,21,24,27,30,33-47,49,51-55,57,59-60H2,1-2H3,(H,64,67)/b7-5-,13-11-,19-17-,20-18+,23-22-,26-25-,29-28-,32-31-,50-48+,58-56+. The predicted octanol–water partition coefficient (Wildman–Crippen LogP) is 18.9. The van der Waals surface area contributed by atoms with Gasteiger partial charge in [0.05, 0.1) is 18.8 Å². The highest BCUT2D eigenvalue weighted by molar-refractivity contribution is 5.76. The zero-order chi connectivity index (χ0) is 48.5. The summed E-state index contributed by atoms with van der Waals surface area (Å²) >= 11 is 0. The molecule has 4 heteroatoms.